The van der Waals surface area contributed by atoms with E-state index in [0.29, 0.717) is 13.0 Å². The molecule has 3 aromatic carbocycles. The first kappa shape index (κ1) is 14.9. The van der Waals surface area contributed by atoms with Gasteiger partial charge in [0, 0.05) is 5.69 Å². The SMILES string of the molecule is O=CNc1ccc(-c2cccc(OCc3ccccc3)c2)cc1. The Morgan fingerprint density at radius 1 is 0.826 bits per heavy atom. The average molecular weight is 303 g/mol. The molecule has 0 aliphatic heterocycles. The largest absolute Gasteiger partial charge is 0.489 e. The van der Waals surface area contributed by atoms with Gasteiger partial charge in [0.25, 0.3) is 0 Å². The summed E-state index contributed by atoms with van der Waals surface area (Å²) in [7, 11) is 0. The number of benzene rings is 3. The first-order valence-corrected chi connectivity index (χ1v) is 7.42. The molecule has 3 nitrogen and oxygen atoms in total. The third kappa shape index (κ3) is 3.98. The molecule has 0 atom stereocenters. The lowest BCUT2D eigenvalue weighted by Crippen LogP contribution is -1.95. The van der Waals surface area contributed by atoms with Crippen LogP contribution in [0.2, 0.25) is 0 Å². The van der Waals surface area contributed by atoms with Crippen LogP contribution in [0.5, 0.6) is 5.75 Å². The van der Waals surface area contributed by atoms with Crippen LogP contribution < -0.4 is 10.1 Å². The standard InChI is InChI=1S/C20H17NO2/c22-15-21-19-11-9-17(10-12-19)18-7-4-8-20(13-18)23-14-16-5-2-1-3-6-16/h1-13,15H,14H2,(H,21,22). The van der Waals surface area contributed by atoms with Gasteiger partial charge < -0.3 is 10.1 Å². The van der Waals surface area contributed by atoms with E-state index in [4.69, 9.17) is 4.74 Å². The maximum atomic E-state index is 10.4. The Hall–Kier alpha value is -3.07. The number of amides is 1. The van der Waals surface area contributed by atoms with Crippen LogP contribution in [0.25, 0.3) is 11.1 Å². The predicted molar refractivity (Wildman–Crippen MR) is 92.3 cm³/mol. The van der Waals surface area contributed by atoms with Crippen molar-refractivity contribution in [2.24, 2.45) is 0 Å². The number of rotatable bonds is 6. The molecule has 0 saturated carbocycles. The van der Waals surface area contributed by atoms with Crippen LogP contribution in [0.3, 0.4) is 0 Å². The third-order valence-electron chi connectivity index (χ3n) is 3.53. The summed E-state index contributed by atoms with van der Waals surface area (Å²) in [6.07, 6.45) is 0.674. The van der Waals surface area contributed by atoms with Crippen molar-refractivity contribution in [3.05, 3.63) is 84.4 Å². The molecule has 114 valence electrons. The number of ether oxygens (including phenoxy) is 1. The second kappa shape index (κ2) is 7.27. The fourth-order valence-electron chi connectivity index (χ4n) is 2.33. The molecule has 3 rings (SSSR count). The molecule has 23 heavy (non-hydrogen) atoms. The zero-order chi connectivity index (χ0) is 15.9. The van der Waals surface area contributed by atoms with Gasteiger partial charge in [-0.2, -0.15) is 0 Å². The summed E-state index contributed by atoms with van der Waals surface area (Å²) in [5, 5.41) is 2.63. The van der Waals surface area contributed by atoms with Crippen molar-refractivity contribution in [1.82, 2.24) is 0 Å². The Morgan fingerprint density at radius 3 is 2.35 bits per heavy atom. The summed E-state index contributed by atoms with van der Waals surface area (Å²) in [4.78, 5) is 10.4. The summed E-state index contributed by atoms with van der Waals surface area (Å²) in [6.45, 7) is 0.548. The molecule has 1 N–H and O–H groups in total. The molecule has 3 heteroatoms. The monoisotopic (exact) mass is 303 g/mol. The van der Waals surface area contributed by atoms with Gasteiger partial charge in [-0.05, 0) is 41.0 Å². The van der Waals surface area contributed by atoms with E-state index in [1.165, 1.54) is 0 Å². The minimum absolute atomic E-state index is 0.548. The summed E-state index contributed by atoms with van der Waals surface area (Å²) in [5.74, 6) is 0.835. The number of carbonyl (C=O) groups is 1. The number of hydrogen-bond donors (Lipinski definition) is 1. The van der Waals surface area contributed by atoms with Crippen LogP contribution >= 0.6 is 0 Å². The smallest absolute Gasteiger partial charge is 0.211 e. The first-order chi connectivity index (χ1) is 11.3. The molecule has 0 unspecified atom stereocenters. The van der Waals surface area contributed by atoms with E-state index in [2.05, 4.69) is 5.32 Å². The van der Waals surface area contributed by atoms with Crippen molar-refractivity contribution < 1.29 is 9.53 Å². The van der Waals surface area contributed by atoms with E-state index in [0.717, 1.165) is 28.1 Å². The van der Waals surface area contributed by atoms with E-state index < -0.39 is 0 Å². The van der Waals surface area contributed by atoms with E-state index >= 15 is 0 Å². The van der Waals surface area contributed by atoms with E-state index in [-0.39, 0.29) is 0 Å². The van der Waals surface area contributed by atoms with Crippen molar-refractivity contribution in [2.45, 2.75) is 6.61 Å². The predicted octanol–water partition coefficient (Wildman–Crippen LogP) is 4.50. The summed E-state index contributed by atoms with van der Waals surface area (Å²) < 4.78 is 5.86. The average Bonchev–Trinajstić information content (AvgIpc) is 2.62. The topological polar surface area (TPSA) is 38.3 Å². The molecule has 0 aromatic heterocycles. The summed E-state index contributed by atoms with van der Waals surface area (Å²) in [5.41, 5.74) is 4.07. The lowest BCUT2D eigenvalue weighted by atomic mass is 10.1. The molecule has 0 heterocycles. The minimum Gasteiger partial charge on any atom is -0.489 e. The molecule has 0 spiro atoms. The van der Waals surface area contributed by atoms with Crippen molar-refractivity contribution in [3.63, 3.8) is 0 Å². The second-order valence-corrected chi connectivity index (χ2v) is 5.14. The van der Waals surface area contributed by atoms with Crippen LogP contribution in [0.4, 0.5) is 5.69 Å². The molecule has 0 aliphatic carbocycles. The van der Waals surface area contributed by atoms with Gasteiger partial charge in [-0.3, -0.25) is 4.79 Å². The maximum Gasteiger partial charge on any atom is 0.211 e. The molecule has 0 aliphatic rings. The quantitative estimate of drug-likeness (QED) is 0.681. The van der Waals surface area contributed by atoms with E-state index in [1.54, 1.807) is 0 Å². The van der Waals surface area contributed by atoms with Crippen LogP contribution in [0.1, 0.15) is 5.56 Å². The molecule has 1 amide bonds. The van der Waals surface area contributed by atoms with Crippen molar-refractivity contribution in [1.29, 1.82) is 0 Å². The van der Waals surface area contributed by atoms with Gasteiger partial charge in [-0.25, -0.2) is 0 Å². The van der Waals surface area contributed by atoms with Crippen molar-refractivity contribution in [3.8, 4) is 16.9 Å². The zero-order valence-electron chi connectivity index (χ0n) is 12.6. The van der Waals surface area contributed by atoms with Crippen LogP contribution in [-0.2, 0) is 11.4 Å². The maximum absolute atomic E-state index is 10.4. The van der Waals surface area contributed by atoms with Crippen LogP contribution in [-0.4, -0.2) is 6.41 Å². The third-order valence-corrected chi connectivity index (χ3v) is 3.53. The van der Waals surface area contributed by atoms with Gasteiger partial charge >= 0.3 is 0 Å². The molecular formula is C20H17NO2. The van der Waals surface area contributed by atoms with Crippen molar-refractivity contribution >= 4 is 12.1 Å². The highest BCUT2D eigenvalue weighted by Crippen LogP contribution is 2.25. The van der Waals surface area contributed by atoms with Gasteiger partial charge in [-0.15, -0.1) is 0 Å². The fourth-order valence-corrected chi connectivity index (χ4v) is 2.33. The minimum atomic E-state index is 0.548. The first-order valence-electron chi connectivity index (χ1n) is 7.42. The lowest BCUT2D eigenvalue weighted by Gasteiger charge is -2.09. The summed E-state index contributed by atoms with van der Waals surface area (Å²) >= 11 is 0. The molecule has 0 saturated heterocycles. The van der Waals surface area contributed by atoms with Crippen LogP contribution in [0, 0.1) is 0 Å². The molecule has 0 radical (unpaired) electrons. The Balaban J connectivity index is 1.72. The molecule has 0 bridgehead atoms. The van der Waals surface area contributed by atoms with Gasteiger partial charge in [0.05, 0.1) is 0 Å². The normalized spacial score (nSPS) is 10.1. The highest BCUT2D eigenvalue weighted by atomic mass is 16.5. The highest BCUT2D eigenvalue weighted by molar-refractivity contribution is 5.74. The molecule has 3 aromatic rings. The van der Waals surface area contributed by atoms with Gasteiger partial charge in [0.2, 0.25) is 6.41 Å². The van der Waals surface area contributed by atoms with Gasteiger partial charge in [0.1, 0.15) is 12.4 Å². The Bertz CT molecular complexity index is 767. The van der Waals surface area contributed by atoms with Crippen LogP contribution in [0.15, 0.2) is 78.9 Å². The Labute approximate surface area is 135 Å². The number of anilines is 1. The molecule has 0 fully saturated rings. The van der Waals surface area contributed by atoms with Crippen molar-refractivity contribution in [2.75, 3.05) is 5.32 Å². The fraction of sp³-hybridized carbons (Fsp3) is 0.0500. The number of carbonyl (C=O) groups excluding carboxylic acids is 1. The van der Waals surface area contributed by atoms with E-state index in [9.17, 15) is 4.79 Å². The van der Waals surface area contributed by atoms with Gasteiger partial charge in [0.15, 0.2) is 0 Å². The van der Waals surface area contributed by atoms with E-state index in [1.807, 2.05) is 78.9 Å². The number of nitrogens with one attached hydrogen (secondary N) is 1. The zero-order valence-corrected chi connectivity index (χ0v) is 12.6. The lowest BCUT2D eigenvalue weighted by molar-refractivity contribution is -0.105. The molecular weight excluding hydrogens is 286 g/mol. The number of hydrogen-bond acceptors (Lipinski definition) is 2. The second-order valence-electron chi connectivity index (χ2n) is 5.14. The highest BCUT2D eigenvalue weighted by Gasteiger charge is 2.01. The Morgan fingerprint density at radius 2 is 1.61 bits per heavy atom. The Kier molecular flexibility index (Phi) is 4.69. The summed E-state index contributed by atoms with van der Waals surface area (Å²) in [6, 6.07) is 25.8. The van der Waals surface area contributed by atoms with Gasteiger partial charge in [-0.1, -0.05) is 54.6 Å².